The van der Waals surface area contributed by atoms with Crippen molar-refractivity contribution in [2.75, 3.05) is 22.4 Å². The highest BCUT2D eigenvalue weighted by Gasteiger charge is 2.23. The van der Waals surface area contributed by atoms with Gasteiger partial charge in [0.1, 0.15) is 6.54 Å². The molecule has 5 nitrogen and oxygen atoms in total. The number of rotatable bonds is 5. The van der Waals surface area contributed by atoms with E-state index < -0.39 is 22.5 Å². The van der Waals surface area contributed by atoms with E-state index in [1.807, 2.05) is 0 Å². The molecule has 25 heavy (non-hydrogen) atoms. The second-order valence-corrected chi connectivity index (χ2v) is 8.69. The van der Waals surface area contributed by atoms with Gasteiger partial charge >= 0.3 is 0 Å². The van der Waals surface area contributed by atoms with Crippen LogP contribution in [-0.4, -0.2) is 27.1 Å². The highest BCUT2D eigenvalue weighted by molar-refractivity contribution is 7.92. The molecule has 0 aromatic heterocycles. The molecule has 1 N–H and O–H groups in total. The second-order valence-electron chi connectivity index (χ2n) is 5.07. The molecule has 2 rings (SSSR count). The van der Waals surface area contributed by atoms with Crippen molar-refractivity contribution in [2.24, 2.45) is 0 Å². The van der Waals surface area contributed by atoms with Crippen LogP contribution in [0.2, 0.25) is 20.1 Å². The molecule has 0 saturated heterocycles. The maximum absolute atomic E-state index is 12.3. The number of hydrogen-bond donors (Lipinski definition) is 1. The summed E-state index contributed by atoms with van der Waals surface area (Å²) in [6.45, 7) is -0.482. The van der Waals surface area contributed by atoms with Crippen LogP contribution in [0.4, 0.5) is 11.4 Å². The van der Waals surface area contributed by atoms with E-state index in [1.54, 1.807) is 0 Å². The van der Waals surface area contributed by atoms with Gasteiger partial charge in [-0.15, -0.1) is 0 Å². The smallest absolute Gasteiger partial charge is 0.245 e. The minimum Gasteiger partial charge on any atom is -0.324 e. The molecule has 2 aromatic rings. The summed E-state index contributed by atoms with van der Waals surface area (Å²) in [5, 5.41) is 3.67. The summed E-state index contributed by atoms with van der Waals surface area (Å²) in [6.07, 6.45) is 0.974. The van der Waals surface area contributed by atoms with Crippen molar-refractivity contribution in [2.45, 2.75) is 0 Å². The topological polar surface area (TPSA) is 66.5 Å². The van der Waals surface area contributed by atoms with Crippen LogP contribution in [0.3, 0.4) is 0 Å². The van der Waals surface area contributed by atoms with E-state index in [0.29, 0.717) is 20.8 Å². The van der Waals surface area contributed by atoms with Gasteiger partial charge in [-0.3, -0.25) is 9.10 Å². The minimum atomic E-state index is -3.76. The lowest BCUT2D eigenvalue weighted by Gasteiger charge is -2.23. The predicted octanol–water partition coefficient (Wildman–Crippen LogP) is 4.70. The van der Waals surface area contributed by atoms with Gasteiger partial charge in [-0.1, -0.05) is 46.4 Å². The van der Waals surface area contributed by atoms with E-state index >= 15 is 0 Å². The highest BCUT2D eigenvalue weighted by atomic mass is 35.5. The van der Waals surface area contributed by atoms with Crippen LogP contribution in [0.25, 0.3) is 0 Å². The zero-order valence-electron chi connectivity index (χ0n) is 12.8. The number of sulfonamides is 1. The lowest BCUT2D eigenvalue weighted by atomic mass is 10.3. The Balaban J connectivity index is 2.27. The van der Waals surface area contributed by atoms with Gasteiger partial charge < -0.3 is 5.32 Å². The summed E-state index contributed by atoms with van der Waals surface area (Å²) in [5.74, 6) is -0.588. The molecule has 134 valence electrons. The number of carbonyl (C=O) groups is 1. The van der Waals surface area contributed by atoms with Gasteiger partial charge in [0.2, 0.25) is 15.9 Å². The van der Waals surface area contributed by atoms with E-state index in [1.165, 1.54) is 36.4 Å². The summed E-state index contributed by atoms with van der Waals surface area (Å²) in [5.41, 5.74) is 0.492. The van der Waals surface area contributed by atoms with E-state index in [-0.39, 0.29) is 10.7 Å². The number of anilines is 2. The summed E-state index contributed by atoms with van der Waals surface area (Å²) in [4.78, 5) is 12.3. The minimum absolute atomic E-state index is 0.108. The molecule has 0 aliphatic carbocycles. The molecule has 0 unspecified atom stereocenters. The standard InChI is InChI=1S/C15H12Cl4N2O3S/c1-25(23,24)21(14-3-2-9(16)7-13(14)19)8-15(22)20-12-5-10(17)4-11(18)6-12/h2-7H,8H2,1H3,(H,20,22). The van der Waals surface area contributed by atoms with Gasteiger partial charge in [-0.25, -0.2) is 8.42 Å². The van der Waals surface area contributed by atoms with Crippen molar-refractivity contribution < 1.29 is 13.2 Å². The Bertz CT molecular complexity index is 899. The normalized spacial score (nSPS) is 11.2. The highest BCUT2D eigenvalue weighted by Crippen LogP contribution is 2.30. The molecule has 0 aliphatic rings. The van der Waals surface area contributed by atoms with Crippen molar-refractivity contribution >= 4 is 73.7 Å². The number of halogens is 4. The molecular weight excluding hydrogens is 430 g/mol. The van der Waals surface area contributed by atoms with Crippen molar-refractivity contribution in [3.63, 3.8) is 0 Å². The van der Waals surface area contributed by atoms with Crippen molar-refractivity contribution in [3.8, 4) is 0 Å². The van der Waals surface area contributed by atoms with Crippen molar-refractivity contribution in [1.82, 2.24) is 0 Å². The molecule has 1 amide bonds. The number of nitrogens with zero attached hydrogens (tertiary/aromatic N) is 1. The molecule has 0 atom stereocenters. The molecule has 0 bridgehead atoms. The fourth-order valence-corrected chi connectivity index (χ4v) is 3.98. The van der Waals surface area contributed by atoms with Crippen LogP contribution < -0.4 is 9.62 Å². The Morgan fingerprint density at radius 3 is 2.12 bits per heavy atom. The van der Waals surface area contributed by atoms with Gasteiger partial charge in [0.15, 0.2) is 0 Å². The molecule has 0 aliphatic heterocycles. The predicted molar refractivity (Wildman–Crippen MR) is 104 cm³/mol. The molecule has 0 spiro atoms. The number of hydrogen-bond acceptors (Lipinski definition) is 3. The zero-order valence-corrected chi connectivity index (χ0v) is 16.6. The fraction of sp³-hybridized carbons (Fsp3) is 0.133. The summed E-state index contributed by atoms with van der Waals surface area (Å²) in [7, 11) is -3.76. The molecule has 0 saturated carbocycles. The maximum atomic E-state index is 12.3. The maximum Gasteiger partial charge on any atom is 0.245 e. The zero-order chi connectivity index (χ0) is 18.8. The van der Waals surface area contributed by atoms with Gasteiger partial charge in [-0.2, -0.15) is 0 Å². The van der Waals surface area contributed by atoms with E-state index in [2.05, 4.69) is 5.32 Å². The number of carbonyl (C=O) groups excluding carboxylic acids is 1. The summed E-state index contributed by atoms with van der Waals surface area (Å²) >= 11 is 23.6. The Morgan fingerprint density at radius 1 is 1.00 bits per heavy atom. The first-order valence-electron chi connectivity index (χ1n) is 6.75. The monoisotopic (exact) mass is 440 g/mol. The third-order valence-electron chi connectivity index (χ3n) is 3.01. The quantitative estimate of drug-likeness (QED) is 0.730. The first kappa shape index (κ1) is 20.1. The first-order valence-corrected chi connectivity index (χ1v) is 10.1. The molecule has 10 heteroatoms. The SMILES string of the molecule is CS(=O)(=O)N(CC(=O)Nc1cc(Cl)cc(Cl)c1)c1ccc(Cl)cc1Cl. The third kappa shape index (κ3) is 5.66. The largest absolute Gasteiger partial charge is 0.324 e. The van der Waals surface area contributed by atoms with Crippen LogP contribution in [0.15, 0.2) is 36.4 Å². The Kier molecular flexibility index (Phi) is 6.45. The summed E-state index contributed by atoms with van der Waals surface area (Å²) in [6, 6.07) is 8.79. The molecule has 0 fully saturated rings. The first-order chi connectivity index (χ1) is 11.6. The van der Waals surface area contributed by atoms with Gasteiger partial charge in [-0.05, 0) is 36.4 Å². The van der Waals surface area contributed by atoms with E-state index in [4.69, 9.17) is 46.4 Å². The Hall–Kier alpha value is -1.18. The summed E-state index contributed by atoms with van der Waals surface area (Å²) < 4.78 is 25.0. The average molecular weight is 442 g/mol. The van der Waals surface area contributed by atoms with Gasteiger partial charge in [0.25, 0.3) is 0 Å². The van der Waals surface area contributed by atoms with Gasteiger partial charge in [0.05, 0.1) is 17.0 Å². The molecule has 0 radical (unpaired) electrons. The third-order valence-corrected chi connectivity index (χ3v) is 5.11. The molecule has 0 heterocycles. The van der Waals surface area contributed by atoms with Crippen LogP contribution in [0.5, 0.6) is 0 Å². The lowest BCUT2D eigenvalue weighted by molar-refractivity contribution is -0.114. The van der Waals surface area contributed by atoms with E-state index in [9.17, 15) is 13.2 Å². The lowest BCUT2D eigenvalue weighted by Crippen LogP contribution is -2.37. The fourth-order valence-electron chi connectivity index (χ4n) is 2.02. The van der Waals surface area contributed by atoms with Crippen LogP contribution in [0, 0.1) is 0 Å². The average Bonchev–Trinajstić information content (AvgIpc) is 2.43. The van der Waals surface area contributed by atoms with Crippen molar-refractivity contribution in [3.05, 3.63) is 56.5 Å². The molecule has 2 aromatic carbocycles. The van der Waals surface area contributed by atoms with Crippen LogP contribution >= 0.6 is 46.4 Å². The number of benzene rings is 2. The van der Waals surface area contributed by atoms with Crippen molar-refractivity contribution in [1.29, 1.82) is 0 Å². The van der Waals surface area contributed by atoms with E-state index in [0.717, 1.165) is 10.6 Å². The van der Waals surface area contributed by atoms with Crippen LogP contribution in [0.1, 0.15) is 0 Å². The Morgan fingerprint density at radius 2 is 1.60 bits per heavy atom. The van der Waals surface area contributed by atoms with Gasteiger partial charge in [0, 0.05) is 20.8 Å². The number of amides is 1. The molecular formula is C15H12Cl4N2O3S. The number of nitrogens with one attached hydrogen (secondary N) is 1. The Labute approximate surface area is 165 Å². The van der Waals surface area contributed by atoms with Crippen LogP contribution in [-0.2, 0) is 14.8 Å². The second kappa shape index (κ2) is 8.01.